The van der Waals surface area contributed by atoms with Gasteiger partial charge < -0.3 is 4.74 Å². The van der Waals surface area contributed by atoms with E-state index in [2.05, 4.69) is 25.6 Å². The smallest absolute Gasteiger partial charge is 0.229 e. The van der Waals surface area contributed by atoms with Crippen LogP contribution < -0.4 is 9.46 Å². The molecule has 0 amide bonds. The molecule has 130 valence electrons. The number of benzene rings is 2. The Morgan fingerprint density at radius 1 is 1.16 bits per heavy atom. The van der Waals surface area contributed by atoms with E-state index in [1.165, 1.54) is 11.3 Å². The van der Waals surface area contributed by atoms with Gasteiger partial charge in [-0.05, 0) is 30.3 Å². The maximum Gasteiger partial charge on any atom is 0.229 e. The van der Waals surface area contributed by atoms with Crippen LogP contribution in [0.5, 0.6) is 5.75 Å². The first-order valence-electron chi connectivity index (χ1n) is 7.23. The fraction of sp³-hybridized carbons (Fsp3) is 0.118. The highest BCUT2D eigenvalue weighted by Crippen LogP contribution is 2.36. The van der Waals surface area contributed by atoms with Crippen LogP contribution in [0.2, 0.25) is 0 Å². The van der Waals surface area contributed by atoms with Crippen molar-refractivity contribution >= 4 is 43.0 Å². The number of aromatic nitrogens is 1. The summed E-state index contributed by atoms with van der Waals surface area (Å²) in [6.07, 6.45) is 1.12. The molecule has 0 unspecified atom stereocenters. The lowest BCUT2D eigenvalue weighted by molar-refractivity contribution is 0.416. The minimum Gasteiger partial charge on any atom is -0.496 e. The summed E-state index contributed by atoms with van der Waals surface area (Å²) < 4.78 is 31.3. The van der Waals surface area contributed by atoms with Crippen LogP contribution in [0.3, 0.4) is 0 Å². The molecule has 25 heavy (non-hydrogen) atoms. The maximum absolute atomic E-state index is 11.3. The molecule has 1 N–H and O–H groups in total. The minimum absolute atomic E-state index is 0.523. The van der Waals surface area contributed by atoms with E-state index in [-0.39, 0.29) is 0 Å². The van der Waals surface area contributed by atoms with Crippen molar-refractivity contribution in [3.63, 3.8) is 0 Å². The molecule has 0 atom stereocenters. The monoisotopic (exact) mass is 438 g/mol. The van der Waals surface area contributed by atoms with Gasteiger partial charge in [0.05, 0.1) is 24.6 Å². The van der Waals surface area contributed by atoms with Crippen LogP contribution in [-0.2, 0) is 10.0 Å². The van der Waals surface area contributed by atoms with E-state index < -0.39 is 10.0 Å². The second-order valence-corrected chi connectivity index (χ2v) is 8.86. The molecule has 3 aromatic rings. The third-order valence-electron chi connectivity index (χ3n) is 3.38. The topological polar surface area (TPSA) is 68.3 Å². The molecule has 1 heterocycles. The molecule has 5 nitrogen and oxygen atoms in total. The molecule has 0 fully saturated rings. The van der Waals surface area contributed by atoms with Gasteiger partial charge in [-0.15, -0.1) is 11.3 Å². The first-order chi connectivity index (χ1) is 11.9. The van der Waals surface area contributed by atoms with Crippen LogP contribution in [0.4, 0.5) is 5.69 Å². The number of halogens is 1. The Hall–Kier alpha value is -1.90. The molecule has 0 saturated heterocycles. The van der Waals surface area contributed by atoms with Gasteiger partial charge in [0.1, 0.15) is 10.8 Å². The van der Waals surface area contributed by atoms with Gasteiger partial charge in [-0.25, -0.2) is 13.4 Å². The number of ether oxygens (including phenoxy) is 1. The predicted molar refractivity (Wildman–Crippen MR) is 106 cm³/mol. The molecule has 0 aliphatic rings. The average molecular weight is 439 g/mol. The van der Waals surface area contributed by atoms with E-state index in [0.29, 0.717) is 5.69 Å². The third-order valence-corrected chi connectivity index (χ3v) is 5.36. The molecule has 8 heteroatoms. The number of rotatable bonds is 5. The number of anilines is 1. The first kappa shape index (κ1) is 17.9. The predicted octanol–water partition coefficient (Wildman–Crippen LogP) is 4.62. The molecule has 0 aliphatic carbocycles. The fourth-order valence-electron chi connectivity index (χ4n) is 2.30. The lowest BCUT2D eigenvalue weighted by Gasteiger charge is -2.06. The average Bonchev–Trinajstić information content (AvgIpc) is 3.04. The summed E-state index contributed by atoms with van der Waals surface area (Å²) in [5, 5.41) is 2.82. The van der Waals surface area contributed by atoms with Crippen molar-refractivity contribution in [2.75, 3.05) is 18.1 Å². The van der Waals surface area contributed by atoms with Gasteiger partial charge in [-0.3, -0.25) is 4.72 Å². The summed E-state index contributed by atoms with van der Waals surface area (Å²) in [5.74, 6) is 0.761. The second-order valence-electron chi connectivity index (χ2n) is 5.33. The van der Waals surface area contributed by atoms with Crippen LogP contribution in [0.25, 0.3) is 21.8 Å². The van der Waals surface area contributed by atoms with Gasteiger partial charge >= 0.3 is 0 Å². The number of hydrogen-bond donors (Lipinski definition) is 1. The van der Waals surface area contributed by atoms with E-state index in [1.54, 1.807) is 19.2 Å². The van der Waals surface area contributed by atoms with Crippen molar-refractivity contribution in [3.05, 3.63) is 52.3 Å². The van der Waals surface area contributed by atoms with Crippen molar-refractivity contribution in [2.45, 2.75) is 0 Å². The van der Waals surface area contributed by atoms with E-state index >= 15 is 0 Å². The molecular formula is C17H15BrN2O3S2. The van der Waals surface area contributed by atoms with Gasteiger partial charge in [0, 0.05) is 21.1 Å². The third kappa shape index (κ3) is 4.39. The maximum atomic E-state index is 11.3. The largest absolute Gasteiger partial charge is 0.496 e. The molecular weight excluding hydrogens is 424 g/mol. The van der Waals surface area contributed by atoms with Crippen molar-refractivity contribution in [1.29, 1.82) is 0 Å². The van der Waals surface area contributed by atoms with Gasteiger partial charge in [0.15, 0.2) is 0 Å². The van der Waals surface area contributed by atoms with Crippen molar-refractivity contribution in [2.24, 2.45) is 0 Å². The molecule has 2 aromatic carbocycles. The van der Waals surface area contributed by atoms with Crippen LogP contribution in [0, 0.1) is 0 Å². The highest BCUT2D eigenvalue weighted by atomic mass is 79.9. The molecule has 0 radical (unpaired) electrons. The lowest BCUT2D eigenvalue weighted by atomic mass is 10.1. The van der Waals surface area contributed by atoms with Crippen LogP contribution in [0.1, 0.15) is 0 Å². The summed E-state index contributed by atoms with van der Waals surface area (Å²) in [6, 6.07) is 12.9. The SMILES string of the molecule is COc1ccc(Br)cc1-c1nc(-c2ccc(NS(C)(=O)=O)cc2)cs1. The molecule has 1 aromatic heterocycles. The Bertz CT molecular complexity index is 999. The minimum atomic E-state index is -3.28. The highest BCUT2D eigenvalue weighted by Gasteiger charge is 2.12. The summed E-state index contributed by atoms with van der Waals surface area (Å²) in [5.41, 5.74) is 3.18. The normalized spacial score (nSPS) is 11.3. The molecule has 0 spiro atoms. The number of hydrogen-bond acceptors (Lipinski definition) is 5. The second kappa shape index (κ2) is 7.15. The molecule has 3 rings (SSSR count). The van der Waals surface area contributed by atoms with Gasteiger partial charge in [0.25, 0.3) is 0 Å². The van der Waals surface area contributed by atoms with Crippen LogP contribution >= 0.6 is 27.3 Å². The summed E-state index contributed by atoms with van der Waals surface area (Å²) in [6.45, 7) is 0. The van der Waals surface area contributed by atoms with E-state index in [9.17, 15) is 8.42 Å². The number of nitrogens with zero attached hydrogens (tertiary/aromatic N) is 1. The molecule has 0 bridgehead atoms. The Kier molecular flexibility index (Phi) is 5.12. The Labute approximate surface area is 158 Å². The van der Waals surface area contributed by atoms with Crippen LogP contribution in [0.15, 0.2) is 52.3 Å². The zero-order chi connectivity index (χ0) is 18.0. The number of thiazole rings is 1. The van der Waals surface area contributed by atoms with Crippen molar-refractivity contribution in [1.82, 2.24) is 4.98 Å². The summed E-state index contributed by atoms with van der Waals surface area (Å²) in [7, 11) is -1.65. The Morgan fingerprint density at radius 2 is 1.88 bits per heavy atom. The fourth-order valence-corrected chi connectivity index (χ4v) is 4.08. The van der Waals surface area contributed by atoms with Crippen molar-refractivity contribution < 1.29 is 13.2 Å². The lowest BCUT2D eigenvalue weighted by Crippen LogP contribution is -2.09. The van der Waals surface area contributed by atoms with Crippen molar-refractivity contribution in [3.8, 4) is 27.6 Å². The number of methoxy groups -OCH3 is 1. The van der Waals surface area contributed by atoms with Gasteiger partial charge in [-0.2, -0.15) is 0 Å². The number of sulfonamides is 1. The Morgan fingerprint density at radius 3 is 2.52 bits per heavy atom. The molecule has 0 saturated carbocycles. The number of nitrogens with one attached hydrogen (secondary N) is 1. The van der Waals surface area contributed by atoms with E-state index in [4.69, 9.17) is 4.74 Å². The zero-order valence-corrected chi connectivity index (χ0v) is 16.7. The Balaban J connectivity index is 1.90. The highest BCUT2D eigenvalue weighted by molar-refractivity contribution is 9.10. The van der Waals surface area contributed by atoms with Crippen LogP contribution in [-0.4, -0.2) is 26.8 Å². The van der Waals surface area contributed by atoms with Gasteiger partial charge in [0.2, 0.25) is 10.0 Å². The zero-order valence-electron chi connectivity index (χ0n) is 13.5. The first-order valence-corrected chi connectivity index (χ1v) is 10.8. The van der Waals surface area contributed by atoms with E-state index in [1.807, 2.05) is 35.7 Å². The summed E-state index contributed by atoms with van der Waals surface area (Å²) in [4.78, 5) is 4.68. The summed E-state index contributed by atoms with van der Waals surface area (Å²) >= 11 is 5.00. The quantitative estimate of drug-likeness (QED) is 0.630. The van der Waals surface area contributed by atoms with E-state index in [0.717, 1.165) is 38.3 Å². The molecule has 0 aliphatic heterocycles. The standard InChI is InChI=1S/C17H15BrN2O3S2/c1-23-16-8-5-12(18)9-14(16)17-19-15(10-24-17)11-3-6-13(7-4-11)20-25(2,21)22/h3-10,20H,1-2H3. The van der Waals surface area contributed by atoms with Gasteiger partial charge in [-0.1, -0.05) is 28.1 Å².